The molecule has 220 valence electrons. The Kier molecular flexibility index (Phi) is 11.4. The quantitative estimate of drug-likeness (QED) is 0.105. The van der Waals surface area contributed by atoms with E-state index in [1.165, 1.54) is 11.8 Å². The number of thioether (sulfide) groups is 1. The van der Waals surface area contributed by atoms with Crippen molar-refractivity contribution in [2.24, 2.45) is 0 Å². The number of carbonyl (C=O) groups excluding carboxylic acids is 1. The Morgan fingerprint density at radius 1 is 1.12 bits per heavy atom. The summed E-state index contributed by atoms with van der Waals surface area (Å²) in [6.07, 6.45) is 3.67. The Morgan fingerprint density at radius 3 is 2.61 bits per heavy atom. The van der Waals surface area contributed by atoms with Crippen LogP contribution >= 0.6 is 39.3 Å². The lowest BCUT2D eigenvalue weighted by Crippen LogP contribution is -2.30. The Hall–Kier alpha value is -2.69. The Labute approximate surface area is 259 Å². The molecule has 0 aliphatic carbocycles. The number of halogens is 2. The van der Waals surface area contributed by atoms with Crippen LogP contribution in [0.2, 0.25) is 5.02 Å². The van der Waals surface area contributed by atoms with Crippen molar-refractivity contribution in [2.75, 3.05) is 25.1 Å². The van der Waals surface area contributed by atoms with Gasteiger partial charge in [-0.3, -0.25) is 0 Å². The molecular formula is C30H36BrClN4O4S. The molecule has 1 aliphatic heterocycles. The van der Waals surface area contributed by atoms with Crippen LogP contribution in [0.25, 0.3) is 0 Å². The zero-order valence-corrected chi connectivity index (χ0v) is 27.0. The molecule has 1 aliphatic rings. The van der Waals surface area contributed by atoms with Crippen molar-refractivity contribution in [3.63, 3.8) is 0 Å². The summed E-state index contributed by atoms with van der Waals surface area (Å²) >= 11 is 11.5. The summed E-state index contributed by atoms with van der Waals surface area (Å²) in [7, 11) is 0. The topological polar surface area (TPSA) is 87.5 Å². The summed E-state index contributed by atoms with van der Waals surface area (Å²) in [5, 5.41) is 9.37. The lowest BCUT2D eigenvalue weighted by atomic mass is 9.95. The average Bonchev–Trinajstić information content (AvgIpc) is 3.35. The zero-order valence-electron chi connectivity index (χ0n) is 23.8. The van der Waals surface area contributed by atoms with Gasteiger partial charge in [-0.1, -0.05) is 68.3 Å². The first-order valence-corrected chi connectivity index (χ1v) is 16.1. The normalized spacial score (nSPS) is 14.4. The summed E-state index contributed by atoms with van der Waals surface area (Å²) in [5.41, 5.74) is 2.92. The van der Waals surface area contributed by atoms with Crippen LogP contribution in [-0.4, -0.2) is 40.6 Å². The van der Waals surface area contributed by atoms with Crippen LogP contribution in [0.3, 0.4) is 0 Å². The molecule has 0 spiro atoms. The summed E-state index contributed by atoms with van der Waals surface area (Å²) in [4.78, 5) is 18.2. The molecule has 1 atom stereocenters. The van der Waals surface area contributed by atoms with Gasteiger partial charge in [-0.05, 0) is 71.9 Å². The van der Waals surface area contributed by atoms with Crippen molar-refractivity contribution in [3.05, 3.63) is 68.3 Å². The number of anilines is 1. The zero-order chi connectivity index (χ0) is 29.4. The first-order chi connectivity index (χ1) is 19.9. The summed E-state index contributed by atoms with van der Waals surface area (Å²) in [6.45, 7) is 9.36. The molecule has 2 heterocycles. The van der Waals surface area contributed by atoms with Crippen molar-refractivity contribution < 1.29 is 19.0 Å². The molecule has 2 aromatic carbocycles. The Morgan fingerprint density at radius 2 is 1.88 bits per heavy atom. The lowest BCUT2D eigenvalue weighted by Gasteiger charge is -2.29. The van der Waals surface area contributed by atoms with Crippen LogP contribution in [0.1, 0.15) is 70.5 Å². The highest BCUT2D eigenvalue weighted by Gasteiger charge is 2.36. The SMILES string of the molecule is CCCCOC(=O)C1=C(C)Nc2nc(SCc3ccccc3Cl)nn2C1c1cc(Br)c(OCCCC)c(OCC)c1. The number of ether oxygens (including phenoxy) is 3. The summed E-state index contributed by atoms with van der Waals surface area (Å²) in [6, 6.07) is 11.0. The van der Waals surface area contributed by atoms with Gasteiger partial charge in [0, 0.05) is 16.5 Å². The van der Waals surface area contributed by atoms with Crippen LogP contribution in [0.15, 0.2) is 57.3 Å². The minimum Gasteiger partial charge on any atom is -0.490 e. The van der Waals surface area contributed by atoms with Crippen molar-refractivity contribution >= 4 is 51.2 Å². The highest BCUT2D eigenvalue weighted by molar-refractivity contribution is 9.10. The highest BCUT2D eigenvalue weighted by atomic mass is 79.9. The smallest absolute Gasteiger partial charge is 0.338 e. The van der Waals surface area contributed by atoms with E-state index in [2.05, 4.69) is 35.1 Å². The maximum atomic E-state index is 13.5. The van der Waals surface area contributed by atoms with Crippen LogP contribution < -0.4 is 14.8 Å². The van der Waals surface area contributed by atoms with E-state index in [-0.39, 0.29) is 0 Å². The molecule has 0 amide bonds. The molecule has 8 nitrogen and oxygen atoms in total. The molecule has 0 saturated carbocycles. The number of nitrogens with one attached hydrogen (secondary N) is 1. The van der Waals surface area contributed by atoms with E-state index in [9.17, 15) is 4.79 Å². The number of hydrogen-bond acceptors (Lipinski definition) is 8. The average molecular weight is 664 g/mol. The van der Waals surface area contributed by atoms with Gasteiger partial charge < -0.3 is 19.5 Å². The number of allylic oxidation sites excluding steroid dienone is 1. The van der Waals surface area contributed by atoms with Gasteiger partial charge in [0.25, 0.3) is 0 Å². The maximum absolute atomic E-state index is 13.5. The third-order valence-electron chi connectivity index (χ3n) is 6.49. The van der Waals surface area contributed by atoms with Crippen molar-refractivity contribution in [3.8, 4) is 11.5 Å². The minimum absolute atomic E-state index is 0.347. The van der Waals surface area contributed by atoms with Gasteiger partial charge in [0.1, 0.15) is 6.04 Å². The van der Waals surface area contributed by atoms with E-state index in [1.54, 1.807) is 4.68 Å². The van der Waals surface area contributed by atoms with E-state index in [0.717, 1.165) is 41.3 Å². The standard InChI is InChI=1S/C30H36BrClN4O4S/c1-5-8-14-39-27-22(31)16-21(17-24(27)38-7-3)26-25(28(37)40-15-9-6-2)19(4)33-29-34-30(35-36(26)29)41-18-20-12-10-11-13-23(20)32/h10-13,16-17,26H,5-9,14-15,18H2,1-4H3,(H,33,34,35). The molecule has 11 heteroatoms. The monoisotopic (exact) mass is 662 g/mol. The van der Waals surface area contributed by atoms with Gasteiger partial charge in [-0.2, -0.15) is 4.98 Å². The van der Waals surface area contributed by atoms with Gasteiger partial charge in [0.05, 0.1) is 29.9 Å². The fourth-order valence-electron chi connectivity index (χ4n) is 4.38. The van der Waals surface area contributed by atoms with Gasteiger partial charge in [0.15, 0.2) is 11.5 Å². The van der Waals surface area contributed by atoms with E-state index in [1.807, 2.05) is 50.2 Å². The molecule has 1 aromatic heterocycles. The maximum Gasteiger partial charge on any atom is 0.338 e. The molecule has 3 aromatic rings. The lowest BCUT2D eigenvalue weighted by molar-refractivity contribution is -0.139. The van der Waals surface area contributed by atoms with Crippen LogP contribution in [0, 0.1) is 0 Å². The van der Waals surface area contributed by atoms with E-state index in [4.69, 9.17) is 35.9 Å². The molecule has 0 saturated heterocycles. The third-order valence-corrected chi connectivity index (χ3v) is 8.33. The van der Waals surface area contributed by atoms with Gasteiger partial charge in [-0.25, -0.2) is 9.48 Å². The van der Waals surface area contributed by atoms with Crippen molar-refractivity contribution in [1.29, 1.82) is 0 Å². The highest BCUT2D eigenvalue weighted by Crippen LogP contribution is 2.43. The first kappa shape index (κ1) is 31.3. The third kappa shape index (κ3) is 7.59. The largest absolute Gasteiger partial charge is 0.490 e. The number of carbonyl (C=O) groups is 1. The van der Waals surface area contributed by atoms with E-state index >= 15 is 0 Å². The molecule has 1 unspecified atom stereocenters. The van der Waals surface area contributed by atoms with Crippen LogP contribution in [-0.2, 0) is 15.3 Å². The molecule has 4 rings (SSSR count). The second-order valence-corrected chi connectivity index (χ2v) is 11.8. The fraction of sp³-hybridized carbons (Fsp3) is 0.433. The Bertz CT molecular complexity index is 1400. The molecule has 1 N–H and O–H groups in total. The second kappa shape index (κ2) is 15.0. The predicted molar refractivity (Wildman–Crippen MR) is 167 cm³/mol. The molecule has 0 bridgehead atoms. The van der Waals surface area contributed by atoms with Crippen LogP contribution in [0.4, 0.5) is 5.95 Å². The number of aromatic nitrogens is 3. The Balaban J connectivity index is 1.75. The minimum atomic E-state index is -0.595. The number of rotatable bonds is 14. The van der Waals surface area contributed by atoms with E-state index in [0.29, 0.717) is 64.5 Å². The number of unbranched alkanes of at least 4 members (excludes halogenated alkanes) is 2. The van der Waals surface area contributed by atoms with Gasteiger partial charge in [-0.15, -0.1) is 5.10 Å². The van der Waals surface area contributed by atoms with Crippen molar-refractivity contribution in [2.45, 2.75) is 70.3 Å². The number of fused-ring (bicyclic) bond motifs is 1. The summed E-state index contributed by atoms with van der Waals surface area (Å²) in [5.74, 6) is 1.99. The van der Waals surface area contributed by atoms with E-state index < -0.39 is 12.0 Å². The molecular weight excluding hydrogens is 628 g/mol. The first-order valence-electron chi connectivity index (χ1n) is 13.9. The molecule has 41 heavy (non-hydrogen) atoms. The summed E-state index contributed by atoms with van der Waals surface area (Å²) < 4.78 is 20.3. The molecule has 0 radical (unpaired) electrons. The number of esters is 1. The predicted octanol–water partition coefficient (Wildman–Crippen LogP) is 8.20. The van der Waals surface area contributed by atoms with Crippen molar-refractivity contribution in [1.82, 2.24) is 14.8 Å². The van der Waals surface area contributed by atoms with Crippen LogP contribution in [0.5, 0.6) is 11.5 Å². The number of hydrogen-bond donors (Lipinski definition) is 1. The fourth-order valence-corrected chi connectivity index (χ4v) is 6.07. The number of benzene rings is 2. The van der Waals surface area contributed by atoms with Gasteiger partial charge >= 0.3 is 5.97 Å². The number of nitrogens with zero attached hydrogens (tertiary/aromatic N) is 3. The second-order valence-electron chi connectivity index (χ2n) is 9.56. The molecule has 0 fully saturated rings. The van der Waals surface area contributed by atoms with Gasteiger partial charge in [0.2, 0.25) is 11.1 Å².